The van der Waals surface area contributed by atoms with E-state index < -0.39 is 0 Å². The summed E-state index contributed by atoms with van der Waals surface area (Å²) < 4.78 is 0. The number of nitrogens with zero attached hydrogens (tertiary/aromatic N) is 3. The van der Waals surface area contributed by atoms with Crippen LogP contribution in [0.4, 0.5) is 0 Å². The third-order valence-electron chi connectivity index (χ3n) is 3.22. The molecule has 1 aliphatic rings. The van der Waals surface area contributed by atoms with E-state index in [1.54, 1.807) is 11.9 Å². The average molecular weight is 265 g/mol. The van der Waals surface area contributed by atoms with Crippen molar-refractivity contribution in [1.82, 2.24) is 9.80 Å². The van der Waals surface area contributed by atoms with Gasteiger partial charge in [-0.3, -0.25) is 9.59 Å². The lowest BCUT2D eigenvalue weighted by molar-refractivity contribution is -0.143. The van der Waals surface area contributed by atoms with Crippen molar-refractivity contribution in [3.8, 4) is 6.07 Å². The first kappa shape index (κ1) is 15.5. The van der Waals surface area contributed by atoms with Crippen LogP contribution < -0.4 is 0 Å². The molecule has 19 heavy (non-hydrogen) atoms. The summed E-state index contributed by atoms with van der Waals surface area (Å²) >= 11 is 0. The molecule has 106 valence electrons. The fraction of sp³-hybridized carbons (Fsp3) is 0.786. The Morgan fingerprint density at radius 3 is 2.58 bits per heavy atom. The topological polar surface area (TPSA) is 64.4 Å². The van der Waals surface area contributed by atoms with Crippen molar-refractivity contribution >= 4 is 11.8 Å². The van der Waals surface area contributed by atoms with E-state index in [0.29, 0.717) is 19.4 Å². The highest BCUT2D eigenvalue weighted by molar-refractivity contribution is 5.88. The number of carbonyl (C=O) groups is 2. The summed E-state index contributed by atoms with van der Waals surface area (Å²) in [6.07, 6.45) is 2.00. The number of likely N-dealkylation sites (N-methyl/N-ethyl adjacent to an activating group) is 1. The molecule has 0 aromatic carbocycles. The van der Waals surface area contributed by atoms with Crippen molar-refractivity contribution in [3.63, 3.8) is 0 Å². The van der Waals surface area contributed by atoms with Crippen molar-refractivity contribution in [3.05, 3.63) is 0 Å². The number of likely N-dealkylation sites (tertiary alicyclic amines) is 1. The largest absolute Gasteiger partial charge is 0.331 e. The molecule has 0 saturated carbocycles. The van der Waals surface area contributed by atoms with Crippen molar-refractivity contribution < 1.29 is 9.59 Å². The van der Waals surface area contributed by atoms with E-state index in [9.17, 15) is 9.59 Å². The van der Waals surface area contributed by atoms with Gasteiger partial charge >= 0.3 is 0 Å². The van der Waals surface area contributed by atoms with E-state index in [0.717, 1.165) is 6.42 Å². The minimum absolute atomic E-state index is 0.0358. The van der Waals surface area contributed by atoms with Gasteiger partial charge in [0.05, 0.1) is 6.07 Å². The quantitative estimate of drug-likeness (QED) is 0.724. The van der Waals surface area contributed by atoms with Gasteiger partial charge in [0, 0.05) is 20.0 Å². The second kappa shape index (κ2) is 6.05. The molecule has 1 atom stereocenters. The van der Waals surface area contributed by atoms with Crippen LogP contribution in [0.15, 0.2) is 0 Å². The van der Waals surface area contributed by atoms with Crippen LogP contribution >= 0.6 is 0 Å². The minimum atomic E-state index is -0.381. The fourth-order valence-corrected chi connectivity index (χ4v) is 2.32. The molecule has 1 unspecified atom stereocenters. The average Bonchev–Trinajstić information content (AvgIpc) is 2.74. The molecule has 0 spiro atoms. The molecule has 1 fully saturated rings. The van der Waals surface area contributed by atoms with Gasteiger partial charge in [-0.05, 0) is 18.3 Å². The number of amides is 2. The first-order valence-electron chi connectivity index (χ1n) is 6.67. The Morgan fingerprint density at radius 1 is 1.42 bits per heavy atom. The number of nitriles is 1. The highest BCUT2D eigenvalue weighted by Gasteiger charge is 2.36. The summed E-state index contributed by atoms with van der Waals surface area (Å²) in [7, 11) is 1.61. The van der Waals surface area contributed by atoms with Crippen LogP contribution in [0.5, 0.6) is 0 Å². The first-order chi connectivity index (χ1) is 8.76. The smallest absolute Gasteiger partial charge is 0.245 e. The maximum atomic E-state index is 12.2. The van der Waals surface area contributed by atoms with Crippen molar-refractivity contribution in [2.24, 2.45) is 5.41 Å². The van der Waals surface area contributed by atoms with E-state index in [1.807, 2.05) is 26.8 Å². The van der Waals surface area contributed by atoms with Gasteiger partial charge in [-0.2, -0.15) is 5.26 Å². The minimum Gasteiger partial charge on any atom is -0.331 e. The number of hydrogen-bond donors (Lipinski definition) is 0. The third-order valence-corrected chi connectivity index (χ3v) is 3.22. The summed E-state index contributed by atoms with van der Waals surface area (Å²) in [5.41, 5.74) is -0.0776. The Morgan fingerprint density at radius 2 is 2.05 bits per heavy atom. The number of rotatable bonds is 3. The molecule has 5 heteroatoms. The lowest BCUT2D eigenvalue weighted by Crippen LogP contribution is -2.47. The van der Waals surface area contributed by atoms with Gasteiger partial charge in [-0.25, -0.2) is 0 Å². The van der Waals surface area contributed by atoms with Gasteiger partial charge in [0.1, 0.15) is 12.6 Å². The maximum absolute atomic E-state index is 12.2. The fourth-order valence-electron chi connectivity index (χ4n) is 2.32. The summed E-state index contributed by atoms with van der Waals surface area (Å²) in [5.74, 6) is -0.0879. The molecule has 1 rings (SSSR count). The molecule has 0 aromatic heterocycles. The van der Waals surface area contributed by atoms with Crippen LogP contribution in [-0.2, 0) is 9.59 Å². The van der Waals surface area contributed by atoms with Crippen LogP contribution in [0.25, 0.3) is 0 Å². The summed E-state index contributed by atoms with van der Waals surface area (Å²) in [4.78, 5) is 27.5. The second-order valence-corrected chi connectivity index (χ2v) is 6.34. The third kappa shape index (κ3) is 4.23. The predicted octanol–water partition coefficient (Wildman–Crippen LogP) is 1.40. The molecular formula is C14H23N3O2. The Kier molecular flexibility index (Phi) is 4.93. The zero-order chi connectivity index (χ0) is 14.6. The lowest BCUT2D eigenvalue weighted by atomic mass is 9.91. The Balaban J connectivity index is 2.71. The van der Waals surface area contributed by atoms with E-state index >= 15 is 0 Å². The van der Waals surface area contributed by atoms with Gasteiger partial charge < -0.3 is 9.80 Å². The maximum Gasteiger partial charge on any atom is 0.245 e. The number of hydrogen-bond acceptors (Lipinski definition) is 3. The predicted molar refractivity (Wildman–Crippen MR) is 72.1 cm³/mol. The molecule has 1 heterocycles. The van der Waals surface area contributed by atoms with E-state index in [1.165, 1.54) is 4.90 Å². The summed E-state index contributed by atoms with van der Waals surface area (Å²) in [6.45, 7) is 6.75. The SMILES string of the molecule is CN(CC#N)C(=O)C1CCCN1C(=O)CC(C)(C)C. The van der Waals surface area contributed by atoms with Crippen molar-refractivity contribution in [2.75, 3.05) is 20.1 Å². The Hall–Kier alpha value is -1.57. The van der Waals surface area contributed by atoms with Crippen LogP contribution in [0.2, 0.25) is 0 Å². The highest BCUT2D eigenvalue weighted by Crippen LogP contribution is 2.25. The standard InChI is InChI=1S/C14H23N3O2/c1-14(2,3)10-12(18)17-8-5-6-11(17)13(19)16(4)9-7-15/h11H,5-6,8-10H2,1-4H3. The molecule has 0 radical (unpaired) electrons. The first-order valence-corrected chi connectivity index (χ1v) is 6.67. The number of carbonyl (C=O) groups excluding carboxylic acids is 2. The molecule has 1 aliphatic heterocycles. The van der Waals surface area contributed by atoms with Crippen molar-refractivity contribution in [2.45, 2.75) is 46.1 Å². The van der Waals surface area contributed by atoms with E-state index in [2.05, 4.69) is 0 Å². The zero-order valence-corrected chi connectivity index (χ0v) is 12.3. The van der Waals surface area contributed by atoms with Gasteiger partial charge in [-0.1, -0.05) is 20.8 Å². The molecule has 0 N–H and O–H groups in total. The van der Waals surface area contributed by atoms with Gasteiger partial charge in [0.25, 0.3) is 0 Å². The zero-order valence-electron chi connectivity index (χ0n) is 12.3. The second-order valence-electron chi connectivity index (χ2n) is 6.34. The van der Waals surface area contributed by atoms with Gasteiger partial charge in [-0.15, -0.1) is 0 Å². The van der Waals surface area contributed by atoms with Crippen molar-refractivity contribution in [1.29, 1.82) is 5.26 Å². The van der Waals surface area contributed by atoms with E-state index in [-0.39, 0.29) is 29.8 Å². The molecular weight excluding hydrogens is 242 g/mol. The Bertz CT molecular complexity index is 392. The van der Waals surface area contributed by atoms with E-state index in [4.69, 9.17) is 5.26 Å². The van der Waals surface area contributed by atoms with Gasteiger partial charge in [0.2, 0.25) is 11.8 Å². The molecule has 2 amide bonds. The summed E-state index contributed by atoms with van der Waals surface area (Å²) in [6, 6.07) is 1.57. The van der Waals surface area contributed by atoms with Gasteiger partial charge in [0.15, 0.2) is 0 Å². The molecule has 0 bridgehead atoms. The Labute approximate surface area is 115 Å². The van der Waals surface area contributed by atoms with Crippen LogP contribution in [0, 0.1) is 16.7 Å². The van der Waals surface area contributed by atoms with Crippen LogP contribution in [-0.4, -0.2) is 47.8 Å². The monoisotopic (exact) mass is 265 g/mol. The van der Waals surface area contributed by atoms with Crippen LogP contribution in [0.1, 0.15) is 40.0 Å². The highest BCUT2D eigenvalue weighted by atomic mass is 16.2. The van der Waals surface area contributed by atoms with Crippen LogP contribution in [0.3, 0.4) is 0 Å². The molecule has 1 saturated heterocycles. The molecule has 0 aliphatic carbocycles. The summed E-state index contributed by atoms with van der Waals surface area (Å²) in [5, 5.41) is 8.63. The molecule has 5 nitrogen and oxygen atoms in total. The molecule has 0 aromatic rings. The normalized spacial score (nSPS) is 19.1. The lowest BCUT2D eigenvalue weighted by Gasteiger charge is -2.29.